The Kier molecular flexibility index (Phi) is 9.62. The normalized spacial score (nSPS) is 14.5. The molecule has 0 aliphatic heterocycles. The number of aliphatic hydroxyl groups excluding tert-OH is 1. The molecular formula is C12H23N2O9PS. The Labute approximate surface area is 149 Å². The van der Waals surface area contributed by atoms with E-state index in [9.17, 15) is 24.1 Å². The van der Waals surface area contributed by atoms with Gasteiger partial charge in [-0.2, -0.15) is 12.6 Å². The van der Waals surface area contributed by atoms with Gasteiger partial charge in [-0.05, 0) is 0 Å². The number of aliphatic hydroxyl groups is 1. The van der Waals surface area contributed by atoms with Crippen molar-refractivity contribution in [1.82, 2.24) is 10.6 Å². The van der Waals surface area contributed by atoms with Crippen LogP contribution in [0, 0.1) is 5.41 Å². The van der Waals surface area contributed by atoms with Crippen molar-refractivity contribution in [3.05, 3.63) is 0 Å². The minimum absolute atomic E-state index is 0.0973. The number of aliphatic carboxylic acids is 1. The Balaban J connectivity index is 4.38. The molecule has 13 heteroatoms. The van der Waals surface area contributed by atoms with Crippen LogP contribution < -0.4 is 10.6 Å². The molecule has 0 saturated carbocycles. The average Bonchev–Trinajstić information content (AvgIpc) is 2.48. The number of carboxylic acids is 1. The highest BCUT2D eigenvalue weighted by atomic mass is 32.1. The smallest absolute Gasteiger partial charge is 0.469 e. The number of carbonyl (C=O) groups excluding carboxylic acids is 2. The molecule has 0 bridgehead atoms. The van der Waals surface area contributed by atoms with E-state index in [0.717, 1.165) is 0 Å². The van der Waals surface area contributed by atoms with E-state index in [-0.39, 0.29) is 18.7 Å². The molecule has 11 nitrogen and oxygen atoms in total. The lowest BCUT2D eigenvalue weighted by molar-refractivity contribution is -0.141. The number of rotatable bonds is 11. The van der Waals surface area contributed by atoms with Crippen LogP contribution in [0.2, 0.25) is 0 Å². The minimum atomic E-state index is -4.74. The zero-order chi connectivity index (χ0) is 19.8. The Hall–Kier alpha value is -1.17. The zero-order valence-electron chi connectivity index (χ0n) is 13.7. The molecule has 0 heterocycles. The van der Waals surface area contributed by atoms with Crippen molar-refractivity contribution in [2.75, 3.05) is 18.9 Å². The van der Waals surface area contributed by atoms with Crippen LogP contribution in [0.15, 0.2) is 0 Å². The Morgan fingerprint density at radius 1 is 1.28 bits per heavy atom. The predicted molar refractivity (Wildman–Crippen MR) is 88.8 cm³/mol. The van der Waals surface area contributed by atoms with E-state index in [2.05, 4.69) is 27.8 Å². The minimum Gasteiger partial charge on any atom is -0.480 e. The maximum atomic E-state index is 11.8. The van der Waals surface area contributed by atoms with Crippen LogP contribution in [0.1, 0.15) is 20.3 Å². The van der Waals surface area contributed by atoms with Gasteiger partial charge in [0.2, 0.25) is 11.8 Å². The summed E-state index contributed by atoms with van der Waals surface area (Å²) in [7, 11) is -4.74. The topological polar surface area (TPSA) is 182 Å². The van der Waals surface area contributed by atoms with Crippen LogP contribution in [0.5, 0.6) is 0 Å². The summed E-state index contributed by atoms with van der Waals surface area (Å²) in [5.74, 6) is -2.83. The van der Waals surface area contributed by atoms with Crippen LogP contribution >= 0.6 is 20.5 Å². The third kappa shape index (κ3) is 9.78. The molecule has 0 aromatic heterocycles. The quantitative estimate of drug-likeness (QED) is 0.159. The fraction of sp³-hybridized carbons (Fsp3) is 0.750. The molecule has 0 radical (unpaired) electrons. The molecule has 2 atom stereocenters. The number of phosphoric ester groups is 1. The van der Waals surface area contributed by atoms with E-state index in [1.807, 2.05) is 0 Å². The van der Waals surface area contributed by atoms with Gasteiger partial charge in [-0.3, -0.25) is 14.1 Å². The van der Waals surface area contributed by atoms with Crippen LogP contribution in [0.4, 0.5) is 0 Å². The average molecular weight is 402 g/mol. The third-order valence-corrected chi connectivity index (χ3v) is 3.89. The van der Waals surface area contributed by atoms with Gasteiger partial charge in [0.15, 0.2) is 0 Å². The molecule has 146 valence electrons. The number of amides is 2. The van der Waals surface area contributed by atoms with Crippen LogP contribution in [0.3, 0.4) is 0 Å². The molecule has 0 saturated heterocycles. The zero-order valence-corrected chi connectivity index (χ0v) is 15.5. The van der Waals surface area contributed by atoms with Gasteiger partial charge in [0, 0.05) is 24.1 Å². The lowest BCUT2D eigenvalue weighted by Crippen LogP contribution is -2.47. The SMILES string of the molecule is CC(C)(COP(=O)(O)O)C(O)C(=O)NCCC(=O)NC(CS)C(=O)O. The van der Waals surface area contributed by atoms with Crippen LogP contribution in [-0.2, 0) is 23.5 Å². The number of nitrogens with one attached hydrogen (secondary N) is 2. The summed E-state index contributed by atoms with van der Waals surface area (Å²) in [6, 6.07) is -1.15. The van der Waals surface area contributed by atoms with Crippen LogP contribution in [-0.4, -0.2) is 68.8 Å². The van der Waals surface area contributed by atoms with Gasteiger partial charge in [0.1, 0.15) is 12.1 Å². The fourth-order valence-corrected chi connectivity index (χ4v) is 2.28. The largest absolute Gasteiger partial charge is 0.480 e. The number of phosphoric acid groups is 1. The first kappa shape index (κ1) is 23.8. The lowest BCUT2D eigenvalue weighted by Gasteiger charge is -2.29. The first-order chi connectivity index (χ1) is 11.3. The number of thiol groups is 1. The van der Waals surface area contributed by atoms with E-state index in [0.29, 0.717) is 0 Å². The van der Waals surface area contributed by atoms with Gasteiger partial charge in [0.05, 0.1) is 6.61 Å². The number of hydrogen-bond acceptors (Lipinski definition) is 7. The molecule has 0 aromatic rings. The third-order valence-electron chi connectivity index (χ3n) is 3.06. The summed E-state index contributed by atoms with van der Waals surface area (Å²) >= 11 is 3.79. The van der Waals surface area contributed by atoms with Crippen molar-refractivity contribution in [1.29, 1.82) is 0 Å². The molecule has 0 spiro atoms. The van der Waals surface area contributed by atoms with Crippen molar-refractivity contribution in [3.63, 3.8) is 0 Å². The molecule has 0 aromatic carbocycles. The maximum Gasteiger partial charge on any atom is 0.469 e. The van der Waals surface area contributed by atoms with Crippen molar-refractivity contribution in [2.45, 2.75) is 32.4 Å². The van der Waals surface area contributed by atoms with E-state index in [1.165, 1.54) is 13.8 Å². The van der Waals surface area contributed by atoms with Crippen molar-refractivity contribution in [2.24, 2.45) is 5.41 Å². The first-order valence-corrected chi connectivity index (χ1v) is 9.25. The van der Waals surface area contributed by atoms with Gasteiger partial charge in [-0.25, -0.2) is 9.36 Å². The van der Waals surface area contributed by atoms with E-state index >= 15 is 0 Å². The molecular weight excluding hydrogens is 379 g/mol. The highest BCUT2D eigenvalue weighted by molar-refractivity contribution is 7.80. The summed E-state index contributed by atoms with van der Waals surface area (Å²) in [6.07, 6.45) is -1.87. The summed E-state index contributed by atoms with van der Waals surface area (Å²) < 4.78 is 15.0. The summed E-state index contributed by atoms with van der Waals surface area (Å²) in [6.45, 7) is 1.98. The van der Waals surface area contributed by atoms with Gasteiger partial charge in [-0.1, -0.05) is 13.8 Å². The molecule has 6 N–H and O–H groups in total. The standard InChI is InChI=1S/C12H23N2O9PS/c1-12(2,6-23-24(20,21)22)9(16)10(17)13-4-3-8(15)14-7(5-25)11(18)19/h7,9,16,25H,3-6H2,1-2H3,(H,13,17)(H,14,15)(H,18,19)(H2,20,21,22). The molecule has 0 aliphatic carbocycles. The van der Waals surface area contributed by atoms with Gasteiger partial charge in [-0.15, -0.1) is 0 Å². The second kappa shape index (κ2) is 10.1. The molecule has 2 amide bonds. The van der Waals surface area contributed by atoms with Gasteiger partial charge < -0.3 is 30.6 Å². The van der Waals surface area contributed by atoms with Crippen LogP contribution in [0.25, 0.3) is 0 Å². The van der Waals surface area contributed by atoms with E-state index in [1.54, 1.807) is 0 Å². The number of carboxylic acid groups (broad SMARTS) is 1. The molecule has 2 unspecified atom stereocenters. The Morgan fingerprint density at radius 2 is 1.84 bits per heavy atom. The second-order valence-corrected chi connectivity index (χ2v) is 7.44. The first-order valence-electron chi connectivity index (χ1n) is 7.09. The van der Waals surface area contributed by atoms with Gasteiger partial charge in [0.25, 0.3) is 0 Å². The van der Waals surface area contributed by atoms with Crippen molar-refractivity contribution >= 4 is 38.2 Å². The lowest BCUT2D eigenvalue weighted by atomic mass is 9.87. The monoisotopic (exact) mass is 402 g/mol. The number of hydrogen-bond donors (Lipinski definition) is 7. The second-order valence-electron chi connectivity index (χ2n) is 5.84. The summed E-state index contributed by atoms with van der Waals surface area (Å²) in [5.41, 5.74) is -1.30. The van der Waals surface area contributed by atoms with Crippen molar-refractivity contribution < 1.29 is 43.5 Å². The molecule has 0 aliphatic rings. The Bertz CT molecular complexity index is 537. The van der Waals surface area contributed by atoms with E-state index in [4.69, 9.17) is 14.9 Å². The fourth-order valence-electron chi connectivity index (χ4n) is 1.53. The summed E-state index contributed by atoms with van der Waals surface area (Å²) in [4.78, 5) is 51.4. The molecule has 0 rings (SSSR count). The Morgan fingerprint density at radius 3 is 2.28 bits per heavy atom. The van der Waals surface area contributed by atoms with E-state index < -0.39 is 49.8 Å². The van der Waals surface area contributed by atoms with Gasteiger partial charge >= 0.3 is 13.8 Å². The molecule has 0 fully saturated rings. The predicted octanol–water partition coefficient (Wildman–Crippen LogP) is -1.51. The maximum absolute atomic E-state index is 11.8. The van der Waals surface area contributed by atoms with Crippen molar-refractivity contribution in [3.8, 4) is 0 Å². The highest BCUT2D eigenvalue weighted by Crippen LogP contribution is 2.38. The summed E-state index contributed by atoms with van der Waals surface area (Å²) in [5, 5.41) is 23.2. The molecule has 25 heavy (non-hydrogen) atoms. The highest BCUT2D eigenvalue weighted by Gasteiger charge is 2.35. The number of carbonyl (C=O) groups is 3.